The Hall–Kier alpha value is -1.10. The molecule has 0 aliphatic carbocycles. The molecule has 0 saturated heterocycles. The van der Waals surface area contributed by atoms with Crippen LogP contribution in [0, 0.1) is 0 Å². The van der Waals surface area contributed by atoms with Gasteiger partial charge in [-0.1, -0.05) is 12.1 Å². The molecule has 0 bridgehead atoms. The van der Waals surface area contributed by atoms with Crippen LogP contribution in [0.1, 0.15) is 26.3 Å². The van der Waals surface area contributed by atoms with Crippen LogP contribution in [0.5, 0.6) is 5.75 Å². The van der Waals surface area contributed by atoms with E-state index in [1.165, 1.54) is 0 Å². The highest BCUT2D eigenvalue weighted by atomic mass is 16.5. The molecule has 1 aromatic carbocycles. The molecule has 4 heteroatoms. The normalized spacial score (nSPS) is 13.4. The molecule has 18 heavy (non-hydrogen) atoms. The first-order chi connectivity index (χ1) is 8.40. The lowest BCUT2D eigenvalue weighted by Crippen LogP contribution is -2.42. The van der Waals surface area contributed by atoms with Gasteiger partial charge in [0.1, 0.15) is 18.5 Å². The molecule has 0 aromatic heterocycles. The van der Waals surface area contributed by atoms with Gasteiger partial charge in [0, 0.05) is 18.6 Å². The topological polar surface area (TPSA) is 67.5 Å². The number of hydrogen-bond acceptors (Lipinski definition) is 4. The van der Waals surface area contributed by atoms with Crippen LogP contribution < -0.4 is 15.8 Å². The fraction of sp³-hybridized carbons (Fsp3) is 0.571. The standard InChI is InChI=1S/C14H24N2O2/c1-14(2,3)16-9-12(17)10-18-13-6-4-11(8-15)5-7-13/h4-7,12,16-17H,8-10,15H2,1-3H3. The maximum Gasteiger partial charge on any atom is 0.119 e. The first kappa shape index (κ1) is 15.0. The smallest absolute Gasteiger partial charge is 0.119 e. The predicted molar refractivity (Wildman–Crippen MR) is 73.6 cm³/mol. The Morgan fingerprint density at radius 3 is 2.39 bits per heavy atom. The summed E-state index contributed by atoms with van der Waals surface area (Å²) in [4.78, 5) is 0. The largest absolute Gasteiger partial charge is 0.491 e. The number of nitrogens with two attached hydrogens (primary N) is 1. The molecule has 0 amide bonds. The Morgan fingerprint density at radius 2 is 1.89 bits per heavy atom. The van der Waals surface area contributed by atoms with Crippen LogP contribution in [-0.4, -0.2) is 29.9 Å². The zero-order valence-corrected chi connectivity index (χ0v) is 11.4. The van der Waals surface area contributed by atoms with Crippen molar-refractivity contribution in [3.05, 3.63) is 29.8 Å². The fourth-order valence-electron chi connectivity index (χ4n) is 1.40. The van der Waals surface area contributed by atoms with Crippen molar-refractivity contribution in [2.24, 2.45) is 5.73 Å². The molecule has 0 fully saturated rings. The van der Waals surface area contributed by atoms with Crippen LogP contribution in [0.3, 0.4) is 0 Å². The van der Waals surface area contributed by atoms with Crippen molar-refractivity contribution in [1.82, 2.24) is 5.32 Å². The van der Waals surface area contributed by atoms with Crippen LogP contribution in [-0.2, 0) is 6.54 Å². The van der Waals surface area contributed by atoms with Crippen LogP contribution >= 0.6 is 0 Å². The van der Waals surface area contributed by atoms with E-state index in [1.807, 2.05) is 24.3 Å². The molecule has 0 spiro atoms. The molecule has 4 nitrogen and oxygen atoms in total. The predicted octanol–water partition coefficient (Wildman–Crippen LogP) is 1.27. The summed E-state index contributed by atoms with van der Waals surface area (Å²) in [6, 6.07) is 7.59. The highest BCUT2D eigenvalue weighted by Gasteiger charge is 2.12. The zero-order chi connectivity index (χ0) is 13.6. The summed E-state index contributed by atoms with van der Waals surface area (Å²) in [7, 11) is 0. The van der Waals surface area contributed by atoms with Gasteiger partial charge in [0.2, 0.25) is 0 Å². The van der Waals surface area contributed by atoms with E-state index in [9.17, 15) is 5.11 Å². The molecule has 4 N–H and O–H groups in total. The molecule has 0 radical (unpaired) electrons. The molecule has 1 unspecified atom stereocenters. The second-order valence-electron chi connectivity index (χ2n) is 5.44. The number of hydrogen-bond donors (Lipinski definition) is 3. The molecule has 0 saturated carbocycles. The molecule has 0 aliphatic heterocycles. The van der Waals surface area contributed by atoms with Gasteiger partial charge in [-0.05, 0) is 38.5 Å². The number of rotatable bonds is 6. The maximum atomic E-state index is 9.77. The summed E-state index contributed by atoms with van der Waals surface area (Å²) in [6.07, 6.45) is -0.515. The van der Waals surface area contributed by atoms with Gasteiger partial charge >= 0.3 is 0 Å². The van der Waals surface area contributed by atoms with Gasteiger partial charge in [0.15, 0.2) is 0 Å². The van der Waals surface area contributed by atoms with E-state index in [0.29, 0.717) is 13.1 Å². The van der Waals surface area contributed by atoms with E-state index < -0.39 is 6.10 Å². The van der Waals surface area contributed by atoms with Crippen molar-refractivity contribution in [2.45, 2.75) is 39.0 Å². The average Bonchev–Trinajstić information content (AvgIpc) is 2.33. The summed E-state index contributed by atoms with van der Waals surface area (Å²) in [5.74, 6) is 0.752. The van der Waals surface area contributed by atoms with Crippen molar-refractivity contribution >= 4 is 0 Å². The van der Waals surface area contributed by atoms with E-state index >= 15 is 0 Å². The lowest BCUT2D eigenvalue weighted by atomic mass is 10.1. The minimum Gasteiger partial charge on any atom is -0.491 e. The summed E-state index contributed by atoms with van der Waals surface area (Å²) >= 11 is 0. The minimum absolute atomic E-state index is 0.00372. The van der Waals surface area contributed by atoms with Gasteiger partial charge in [0.05, 0.1) is 0 Å². The quantitative estimate of drug-likeness (QED) is 0.713. The van der Waals surface area contributed by atoms with Gasteiger partial charge in [0.25, 0.3) is 0 Å². The highest BCUT2D eigenvalue weighted by molar-refractivity contribution is 5.27. The molecule has 1 atom stereocenters. The van der Waals surface area contributed by atoms with E-state index in [-0.39, 0.29) is 12.1 Å². The van der Waals surface area contributed by atoms with E-state index in [0.717, 1.165) is 11.3 Å². The Kier molecular flexibility index (Phi) is 5.59. The van der Waals surface area contributed by atoms with Gasteiger partial charge in [-0.15, -0.1) is 0 Å². The molecule has 0 aliphatic rings. The highest BCUT2D eigenvalue weighted by Crippen LogP contribution is 2.12. The van der Waals surface area contributed by atoms with Crippen molar-refractivity contribution < 1.29 is 9.84 Å². The Bertz CT molecular complexity index is 344. The first-order valence-corrected chi connectivity index (χ1v) is 6.25. The summed E-state index contributed by atoms with van der Waals surface area (Å²) in [6.45, 7) is 7.51. The zero-order valence-electron chi connectivity index (χ0n) is 11.4. The Morgan fingerprint density at radius 1 is 1.28 bits per heavy atom. The lowest BCUT2D eigenvalue weighted by molar-refractivity contribution is 0.100. The molecule has 1 aromatic rings. The second kappa shape index (κ2) is 6.73. The summed E-state index contributed by atoms with van der Waals surface area (Å²) in [5, 5.41) is 13.0. The third kappa shape index (κ3) is 6.00. The minimum atomic E-state index is -0.515. The van der Waals surface area contributed by atoms with Crippen LogP contribution in [0.4, 0.5) is 0 Å². The van der Waals surface area contributed by atoms with Crippen molar-refractivity contribution in [3.63, 3.8) is 0 Å². The van der Waals surface area contributed by atoms with Crippen LogP contribution in [0.15, 0.2) is 24.3 Å². The van der Waals surface area contributed by atoms with Gasteiger partial charge < -0.3 is 20.9 Å². The number of benzene rings is 1. The second-order valence-corrected chi connectivity index (χ2v) is 5.44. The summed E-state index contributed by atoms with van der Waals surface area (Å²) < 4.78 is 5.50. The van der Waals surface area contributed by atoms with Crippen molar-refractivity contribution in [3.8, 4) is 5.75 Å². The third-order valence-corrected chi connectivity index (χ3v) is 2.47. The number of aliphatic hydroxyl groups excluding tert-OH is 1. The number of ether oxygens (including phenoxy) is 1. The fourth-order valence-corrected chi connectivity index (χ4v) is 1.40. The third-order valence-electron chi connectivity index (χ3n) is 2.47. The molecule has 102 valence electrons. The average molecular weight is 252 g/mol. The number of β-amino-alcohol motifs (C(OH)–C–C–N with tert-alkyl or cyclic N) is 1. The monoisotopic (exact) mass is 252 g/mol. The van der Waals surface area contributed by atoms with E-state index in [2.05, 4.69) is 26.1 Å². The van der Waals surface area contributed by atoms with Crippen LogP contribution in [0.2, 0.25) is 0 Å². The Balaban J connectivity index is 2.31. The van der Waals surface area contributed by atoms with Crippen LogP contribution in [0.25, 0.3) is 0 Å². The van der Waals surface area contributed by atoms with Crippen molar-refractivity contribution in [1.29, 1.82) is 0 Å². The number of aliphatic hydroxyl groups is 1. The maximum absolute atomic E-state index is 9.77. The molecular weight excluding hydrogens is 228 g/mol. The number of nitrogens with one attached hydrogen (secondary N) is 1. The van der Waals surface area contributed by atoms with Gasteiger partial charge in [-0.3, -0.25) is 0 Å². The van der Waals surface area contributed by atoms with E-state index in [4.69, 9.17) is 10.5 Å². The van der Waals surface area contributed by atoms with Gasteiger partial charge in [-0.2, -0.15) is 0 Å². The molecule has 1 rings (SSSR count). The first-order valence-electron chi connectivity index (χ1n) is 6.25. The Labute approximate surface area is 109 Å². The lowest BCUT2D eigenvalue weighted by Gasteiger charge is -2.22. The molecular formula is C14H24N2O2. The SMILES string of the molecule is CC(C)(C)NCC(O)COc1ccc(CN)cc1. The van der Waals surface area contributed by atoms with Gasteiger partial charge in [-0.25, -0.2) is 0 Å². The van der Waals surface area contributed by atoms with Crippen molar-refractivity contribution in [2.75, 3.05) is 13.2 Å². The summed E-state index contributed by atoms with van der Waals surface area (Å²) in [5.41, 5.74) is 6.58. The molecule has 0 heterocycles. The van der Waals surface area contributed by atoms with E-state index in [1.54, 1.807) is 0 Å².